The fourth-order valence-corrected chi connectivity index (χ4v) is 1.42. The normalized spacial score (nSPS) is 15.3. The van der Waals surface area contributed by atoms with Crippen molar-refractivity contribution in [2.45, 2.75) is 6.92 Å². The Bertz CT molecular complexity index is 358. The van der Waals surface area contributed by atoms with E-state index in [4.69, 9.17) is 0 Å². The van der Waals surface area contributed by atoms with E-state index in [1.165, 1.54) is 0 Å². The molecule has 0 saturated heterocycles. The molecule has 1 heterocycles. The Labute approximate surface area is 77.1 Å². The molecule has 0 aromatic heterocycles. The summed E-state index contributed by atoms with van der Waals surface area (Å²) in [4.78, 5) is 4.25. The predicted octanol–water partition coefficient (Wildman–Crippen LogP) is 1.05. The molecule has 0 spiro atoms. The SMILES string of the molecule is Cc1ccc(O)c(C2=NCCN2)c1. The minimum atomic E-state index is 0.291. The van der Waals surface area contributed by atoms with Gasteiger partial charge < -0.3 is 10.4 Å². The molecular weight excluding hydrogens is 164 g/mol. The maximum atomic E-state index is 9.57. The number of benzene rings is 1. The summed E-state index contributed by atoms with van der Waals surface area (Å²) in [5, 5.41) is 12.7. The second kappa shape index (κ2) is 3.09. The third kappa shape index (κ3) is 1.49. The van der Waals surface area contributed by atoms with E-state index in [0.29, 0.717) is 5.75 Å². The molecule has 1 aromatic rings. The molecule has 1 aliphatic rings. The Morgan fingerprint density at radius 1 is 1.46 bits per heavy atom. The molecule has 13 heavy (non-hydrogen) atoms. The minimum absolute atomic E-state index is 0.291. The van der Waals surface area contributed by atoms with Gasteiger partial charge in [-0.3, -0.25) is 4.99 Å². The van der Waals surface area contributed by atoms with Crippen molar-refractivity contribution in [2.24, 2.45) is 4.99 Å². The summed E-state index contributed by atoms with van der Waals surface area (Å²) in [6.45, 7) is 3.66. The fourth-order valence-electron chi connectivity index (χ4n) is 1.42. The van der Waals surface area contributed by atoms with Gasteiger partial charge in [-0.25, -0.2) is 0 Å². The van der Waals surface area contributed by atoms with E-state index in [2.05, 4.69) is 10.3 Å². The number of amidine groups is 1. The molecule has 0 fully saturated rings. The highest BCUT2D eigenvalue weighted by atomic mass is 16.3. The van der Waals surface area contributed by atoms with Gasteiger partial charge in [0.25, 0.3) is 0 Å². The molecule has 0 amide bonds. The molecule has 0 radical (unpaired) electrons. The molecule has 0 unspecified atom stereocenters. The summed E-state index contributed by atoms with van der Waals surface area (Å²) in [6, 6.07) is 5.52. The zero-order valence-corrected chi connectivity index (χ0v) is 7.54. The van der Waals surface area contributed by atoms with Crippen LogP contribution in [0.1, 0.15) is 11.1 Å². The number of hydrogen-bond donors (Lipinski definition) is 2. The predicted molar refractivity (Wildman–Crippen MR) is 52.3 cm³/mol. The highest BCUT2D eigenvalue weighted by Gasteiger charge is 2.11. The van der Waals surface area contributed by atoms with Gasteiger partial charge in [-0.05, 0) is 19.1 Å². The number of hydrogen-bond acceptors (Lipinski definition) is 3. The summed E-state index contributed by atoms with van der Waals surface area (Å²) < 4.78 is 0. The van der Waals surface area contributed by atoms with E-state index in [9.17, 15) is 5.11 Å². The van der Waals surface area contributed by atoms with Crippen LogP contribution in [0.4, 0.5) is 0 Å². The highest BCUT2D eigenvalue weighted by molar-refractivity contribution is 6.02. The second-order valence-corrected chi connectivity index (χ2v) is 3.18. The van der Waals surface area contributed by atoms with Crippen LogP contribution < -0.4 is 5.32 Å². The number of nitrogens with zero attached hydrogens (tertiary/aromatic N) is 1. The van der Waals surface area contributed by atoms with Gasteiger partial charge in [0.2, 0.25) is 0 Å². The van der Waals surface area contributed by atoms with Crippen LogP contribution in [0, 0.1) is 6.92 Å². The standard InChI is InChI=1S/C10H12N2O/c1-7-2-3-9(13)8(6-7)10-11-4-5-12-10/h2-3,6,13H,4-5H2,1H3,(H,11,12). The van der Waals surface area contributed by atoms with Gasteiger partial charge in [-0.1, -0.05) is 11.6 Å². The van der Waals surface area contributed by atoms with Gasteiger partial charge in [0.1, 0.15) is 11.6 Å². The minimum Gasteiger partial charge on any atom is -0.507 e. The smallest absolute Gasteiger partial charge is 0.132 e. The third-order valence-electron chi connectivity index (χ3n) is 2.08. The van der Waals surface area contributed by atoms with Crippen LogP contribution in [0.15, 0.2) is 23.2 Å². The van der Waals surface area contributed by atoms with E-state index in [0.717, 1.165) is 30.1 Å². The molecule has 2 N–H and O–H groups in total. The van der Waals surface area contributed by atoms with Crippen molar-refractivity contribution < 1.29 is 5.11 Å². The van der Waals surface area contributed by atoms with Crippen molar-refractivity contribution >= 4 is 5.84 Å². The van der Waals surface area contributed by atoms with Gasteiger partial charge >= 0.3 is 0 Å². The molecule has 3 nitrogen and oxygen atoms in total. The molecule has 0 saturated carbocycles. The first-order valence-corrected chi connectivity index (χ1v) is 4.36. The van der Waals surface area contributed by atoms with Crippen LogP contribution in [0.2, 0.25) is 0 Å². The first kappa shape index (κ1) is 8.10. The van der Waals surface area contributed by atoms with Crippen molar-refractivity contribution in [1.82, 2.24) is 5.32 Å². The van der Waals surface area contributed by atoms with Crippen LogP contribution in [0.5, 0.6) is 5.75 Å². The van der Waals surface area contributed by atoms with E-state index < -0.39 is 0 Å². The first-order chi connectivity index (χ1) is 6.27. The molecule has 2 rings (SSSR count). The van der Waals surface area contributed by atoms with E-state index in [1.54, 1.807) is 6.07 Å². The largest absolute Gasteiger partial charge is 0.507 e. The molecule has 0 aliphatic carbocycles. The molecule has 1 aliphatic heterocycles. The van der Waals surface area contributed by atoms with Crippen molar-refractivity contribution in [2.75, 3.05) is 13.1 Å². The van der Waals surface area contributed by atoms with Crippen LogP contribution in [0.25, 0.3) is 0 Å². The van der Waals surface area contributed by atoms with Crippen LogP contribution in [-0.2, 0) is 0 Å². The Hall–Kier alpha value is -1.51. The summed E-state index contributed by atoms with van der Waals surface area (Å²) >= 11 is 0. The molecule has 0 bridgehead atoms. The molecule has 3 heteroatoms. The lowest BCUT2D eigenvalue weighted by Gasteiger charge is -2.05. The maximum absolute atomic E-state index is 9.57. The van der Waals surface area contributed by atoms with Gasteiger partial charge in [0.15, 0.2) is 0 Å². The van der Waals surface area contributed by atoms with Crippen molar-refractivity contribution in [3.05, 3.63) is 29.3 Å². The Morgan fingerprint density at radius 3 is 3.00 bits per heavy atom. The number of aromatic hydroxyl groups is 1. The number of phenols is 1. The lowest BCUT2D eigenvalue weighted by atomic mass is 10.1. The fraction of sp³-hybridized carbons (Fsp3) is 0.300. The summed E-state index contributed by atoms with van der Waals surface area (Å²) in [7, 11) is 0. The zero-order chi connectivity index (χ0) is 9.26. The van der Waals surface area contributed by atoms with Gasteiger partial charge in [0, 0.05) is 6.54 Å². The van der Waals surface area contributed by atoms with Crippen molar-refractivity contribution in [3.8, 4) is 5.75 Å². The van der Waals surface area contributed by atoms with Gasteiger partial charge in [0.05, 0.1) is 12.1 Å². The number of phenolic OH excluding ortho intramolecular Hbond substituents is 1. The number of aryl methyl sites for hydroxylation is 1. The van der Waals surface area contributed by atoms with Crippen LogP contribution in [0.3, 0.4) is 0 Å². The lowest BCUT2D eigenvalue weighted by molar-refractivity contribution is 0.474. The number of rotatable bonds is 1. The van der Waals surface area contributed by atoms with E-state index in [1.807, 2.05) is 19.1 Å². The monoisotopic (exact) mass is 176 g/mol. The molecular formula is C10H12N2O. The summed E-state index contributed by atoms with van der Waals surface area (Å²) in [6.07, 6.45) is 0. The zero-order valence-electron chi connectivity index (χ0n) is 7.54. The average molecular weight is 176 g/mol. The van der Waals surface area contributed by atoms with Crippen molar-refractivity contribution in [3.63, 3.8) is 0 Å². The Morgan fingerprint density at radius 2 is 2.31 bits per heavy atom. The topological polar surface area (TPSA) is 44.6 Å². The summed E-state index contributed by atoms with van der Waals surface area (Å²) in [5.41, 5.74) is 1.93. The Balaban J connectivity index is 2.43. The van der Waals surface area contributed by atoms with E-state index in [-0.39, 0.29) is 0 Å². The lowest BCUT2D eigenvalue weighted by Crippen LogP contribution is -2.19. The summed E-state index contributed by atoms with van der Waals surface area (Å²) in [5.74, 6) is 1.10. The van der Waals surface area contributed by atoms with E-state index >= 15 is 0 Å². The molecule has 1 aromatic carbocycles. The maximum Gasteiger partial charge on any atom is 0.132 e. The van der Waals surface area contributed by atoms with Crippen LogP contribution in [-0.4, -0.2) is 24.0 Å². The van der Waals surface area contributed by atoms with Crippen LogP contribution >= 0.6 is 0 Å². The van der Waals surface area contributed by atoms with Crippen molar-refractivity contribution in [1.29, 1.82) is 0 Å². The van der Waals surface area contributed by atoms with Gasteiger partial charge in [-0.15, -0.1) is 0 Å². The number of nitrogens with one attached hydrogen (secondary N) is 1. The Kier molecular flexibility index (Phi) is 1.93. The second-order valence-electron chi connectivity index (χ2n) is 3.18. The molecule has 68 valence electrons. The highest BCUT2D eigenvalue weighted by Crippen LogP contribution is 2.19. The number of aliphatic imine (C=N–C) groups is 1. The quantitative estimate of drug-likeness (QED) is 0.671. The average Bonchev–Trinajstić information content (AvgIpc) is 2.61. The third-order valence-corrected chi connectivity index (χ3v) is 2.08. The molecule has 0 atom stereocenters. The van der Waals surface area contributed by atoms with Gasteiger partial charge in [-0.2, -0.15) is 0 Å². The first-order valence-electron chi connectivity index (χ1n) is 4.36.